The topological polar surface area (TPSA) is 67.9 Å². The van der Waals surface area contributed by atoms with Crippen LogP contribution in [0.5, 0.6) is 11.5 Å². The average Bonchev–Trinajstić information content (AvgIpc) is 3.25. The summed E-state index contributed by atoms with van der Waals surface area (Å²) in [7, 11) is 3.09. The Balaban J connectivity index is 1.57. The van der Waals surface area contributed by atoms with Gasteiger partial charge >= 0.3 is 0 Å². The molecule has 2 amide bonds. The molecule has 0 unspecified atom stereocenters. The van der Waals surface area contributed by atoms with Crippen molar-refractivity contribution in [2.45, 2.75) is 25.1 Å². The highest BCUT2D eigenvalue weighted by atomic mass is 32.2. The second-order valence-electron chi connectivity index (χ2n) is 8.35. The molecule has 34 heavy (non-hydrogen) atoms. The lowest BCUT2D eigenvalue weighted by Crippen LogP contribution is -2.27. The molecule has 0 bridgehead atoms. The number of rotatable bonds is 7. The number of hydrogen-bond acceptors (Lipinski definition) is 5. The first kappa shape index (κ1) is 23.7. The monoisotopic (exact) mass is 476 g/mol. The lowest BCUT2D eigenvalue weighted by molar-refractivity contribution is -0.115. The fourth-order valence-corrected chi connectivity index (χ4v) is 5.05. The summed E-state index contributed by atoms with van der Waals surface area (Å²) in [6, 6.07) is 20.8. The van der Waals surface area contributed by atoms with Crippen molar-refractivity contribution in [2.75, 3.05) is 30.2 Å². The highest BCUT2D eigenvalue weighted by Crippen LogP contribution is 2.42. The SMILES string of the molecule is COc1cc(OC)cc(C(=O)Nc2cccc([C@@H]3SCC(=O)N3c3ccc(C(C)C)cc3)c2)c1. The average molecular weight is 477 g/mol. The van der Waals surface area contributed by atoms with Gasteiger partial charge in [-0.3, -0.25) is 14.5 Å². The second kappa shape index (κ2) is 10.2. The van der Waals surface area contributed by atoms with Crippen molar-refractivity contribution in [1.29, 1.82) is 0 Å². The van der Waals surface area contributed by atoms with E-state index in [1.165, 1.54) is 5.56 Å². The molecule has 3 aromatic rings. The van der Waals surface area contributed by atoms with E-state index in [-0.39, 0.29) is 17.2 Å². The molecular formula is C27H28N2O4S. The van der Waals surface area contributed by atoms with Crippen molar-refractivity contribution in [1.82, 2.24) is 0 Å². The minimum absolute atomic E-state index is 0.0743. The number of hydrogen-bond donors (Lipinski definition) is 1. The number of benzene rings is 3. The van der Waals surface area contributed by atoms with Gasteiger partial charge in [-0.05, 0) is 53.4 Å². The van der Waals surface area contributed by atoms with Gasteiger partial charge in [-0.25, -0.2) is 0 Å². The molecule has 3 aromatic carbocycles. The maximum Gasteiger partial charge on any atom is 0.255 e. The zero-order valence-electron chi connectivity index (χ0n) is 19.7. The molecule has 7 heteroatoms. The predicted molar refractivity (Wildman–Crippen MR) is 137 cm³/mol. The molecule has 1 heterocycles. The fraction of sp³-hybridized carbons (Fsp3) is 0.259. The number of anilines is 2. The largest absolute Gasteiger partial charge is 0.497 e. The van der Waals surface area contributed by atoms with Crippen LogP contribution >= 0.6 is 11.8 Å². The van der Waals surface area contributed by atoms with Gasteiger partial charge in [0.2, 0.25) is 5.91 Å². The summed E-state index contributed by atoms with van der Waals surface area (Å²) in [6.07, 6.45) is 0. The van der Waals surface area contributed by atoms with Crippen LogP contribution in [0.25, 0.3) is 0 Å². The summed E-state index contributed by atoms with van der Waals surface area (Å²) < 4.78 is 10.5. The number of amides is 2. The maximum absolute atomic E-state index is 12.9. The van der Waals surface area contributed by atoms with Crippen LogP contribution in [-0.2, 0) is 4.79 Å². The predicted octanol–water partition coefficient (Wildman–Crippen LogP) is 5.86. The van der Waals surface area contributed by atoms with Gasteiger partial charge in [-0.1, -0.05) is 38.1 Å². The van der Waals surface area contributed by atoms with Gasteiger partial charge in [0, 0.05) is 23.0 Å². The van der Waals surface area contributed by atoms with Crippen molar-refractivity contribution >= 4 is 35.0 Å². The van der Waals surface area contributed by atoms with Crippen molar-refractivity contribution < 1.29 is 19.1 Å². The van der Waals surface area contributed by atoms with Crippen LogP contribution in [0.15, 0.2) is 66.7 Å². The van der Waals surface area contributed by atoms with E-state index in [0.717, 1.165) is 11.3 Å². The van der Waals surface area contributed by atoms with Crippen LogP contribution in [0.2, 0.25) is 0 Å². The summed E-state index contributed by atoms with van der Waals surface area (Å²) in [5, 5.41) is 2.79. The zero-order valence-corrected chi connectivity index (χ0v) is 20.5. The minimum Gasteiger partial charge on any atom is -0.497 e. The van der Waals surface area contributed by atoms with Crippen LogP contribution in [-0.4, -0.2) is 31.8 Å². The summed E-state index contributed by atoms with van der Waals surface area (Å²) in [6.45, 7) is 4.30. The molecule has 1 saturated heterocycles. The van der Waals surface area contributed by atoms with Crippen LogP contribution in [0, 0.1) is 0 Å². The number of ether oxygens (including phenoxy) is 2. The van der Waals surface area contributed by atoms with Gasteiger partial charge in [0.25, 0.3) is 5.91 Å². The Labute approximate surface area is 204 Å². The molecule has 6 nitrogen and oxygen atoms in total. The van der Waals surface area contributed by atoms with E-state index in [2.05, 4.69) is 31.3 Å². The van der Waals surface area contributed by atoms with Crippen molar-refractivity contribution in [3.63, 3.8) is 0 Å². The summed E-state index contributed by atoms with van der Waals surface area (Å²) in [5.74, 6) is 1.72. The van der Waals surface area contributed by atoms with Crippen molar-refractivity contribution in [2.24, 2.45) is 0 Å². The molecule has 0 aromatic heterocycles. The molecule has 176 valence electrons. The number of carbonyl (C=O) groups is 2. The van der Waals surface area contributed by atoms with E-state index in [1.807, 2.05) is 41.3 Å². The Bertz CT molecular complexity index is 1170. The first-order chi connectivity index (χ1) is 16.4. The number of methoxy groups -OCH3 is 2. The third kappa shape index (κ3) is 5.04. The molecular weight excluding hydrogens is 448 g/mol. The minimum atomic E-state index is -0.273. The van der Waals surface area contributed by atoms with Gasteiger partial charge in [0.05, 0.1) is 20.0 Å². The lowest BCUT2D eigenvalue weighted by Gasteiger charge is -2.25. The molecule has 0 aliphatic carbocycles. The number of carbonyl (C=O) groups excluding carboxylic acids is 2. The van der Waals surface area contributed by atoms with Crippen molar-refractivity contribution in [3.8, 4) is 11.5 Å². The third-order valence-corrected chi connectivity index (χ3v) is 6.96. The van der Waals surface area contributed by atoms with Gasteiger partial charge in [0.15, 0.2) is 0 Å². The van der Waals surface area contributed by atoms with E-state index < -0.39 is 0 Å². The Morgan fingerprint density at radius 3 is 2.29 bits per heavy atom. The third-order valence-electron chi connectivity index (χ3n) is 5.75. The van der Waals surface area contributed by atoms with E-state index in [0.29, 0.717) is 34.4 Å². The molecule has 1 aliphatic rings. The van der Waals surface area contributed by atoms with Gasteiger partial charge in [-0.15, -0.1) is 11.8 Å². The van der Waals surface area contributed by atoms with Crippen LogP contribution in [0.3, 0.4) is 0 Å². The quantitative estimate of drug-likeness (QED) is 0.463. The summed E-state index contributed by atoms with van der Waals surface area (Å²) in [5.41, 5.74) is 4.14. The maximum atomic E-state index is 12.9. The zero-order chi connectivity index (χ0) is 24.2. The molecule has 0 saturated carbocycles. The number of nitrogens with one attached hydrogen (secondary N) is 1. The highest BCUT2D eigenvalue weighted by molar-refractivity contribution is 8.00. The Morgan fingerprint density at radius 1 is 1.00 bits per heavy atom. The van der Waals surface area contributed by atoms with E-state index >= 15 is 0 Å². The Kier molecular flexibility index (Phi) is 7.12. The molecule has 0 spiro atoms. The Hall–Kier alpha value is -3.45. The van der Waals surface area contributed by atoms with Gasteiger partial charge < -0.3 is 14.8 Å². The molecule has 1 atom stereocenters. The van der Waals surface area contributed by atoms with Gasteiger partial charge in [0.1, 0.15) is 16.9 Å². The highest BCUT2D eigenvalue weighted by Gasteiger charge is 2.34. The molecule has 1 N–H and O–H groups in total. The van der Waals surface area contributed by atoms with Crippen molar-refractivity contribution in [3.05, 3.63) is 83.4 Å². The fourth-order valence-electron chi connectivity index (χ4n) is 3.88. The van der Waals surface area contributed by atoms with E-state index in [4.69, 9.17) is 9.47 Å². The molecule has 1 aliphatic heterocycles. The standard InChI is InChI=1S/C27H28N2O4S/c1-17(2)18-8-10-22(11-9-18)29-25(30)16-34-27(29)19-6-5-7-21(12-19)28-26(31)20-13-23(32-3)15-24(14-20)33-4/h5-15,17,27H,16H2,1-4H3,(H,28,31)/t27-/m0/s1. The van der Waals surface area contributed by atoms with Crippen LogP contribution < -0.4 is 19.7 Å². The lowest BCUT2D eigenvalue weighted by atomic mass is 10.0. The van der Waals surface area contributed by atoms with Crippen LogP contribution in [0.4, 0.5) is 11.4 Å². The number of thioether (sulfide) groups is 1. The summed E-state index contributed by atoms with van der Waals surface area (Å²) in [4.78, 5) is 27.5. The van der Waals surface area contributed by atoms with E-state index in [9.17, 15) is 9.59 Å². The first-order valence-electron chi connectivity index (χ1n) is 11.1. The van der Waals surface area contributed by atoms with Crippen LogP contribution in [0.1, 0.15) is 46.6 Å². The molecule has 1 fully saturated rings. The van der Waals surface area contributed by atoms with Gasteiger partial charge in [-0.2, -0.15) is 0 Å². The second-order valence-corrected chi connectivity index (χ2v) is 9.42. The smallest absolute Gasteiger partial charge is 0.255 e. The van der Waals surface area contributed by atoms with E-state index in [1.54, 1.807) is 44.2 Å². The number of nitrogens with zero attached hydrogens (tertiary/aromatic N) is 1. The first-order valence-corrected chi connectivity index (χ1v) is 12.1. The molecule has 4 rings (SSSR count). The Morgan fingerprint density at radius 2 is 1.68 bits per heavy atom. The molecule has 0 radical (unpaired) electrons. The summed E-state index contributed by atoms with van der Waals surface area (Å²) >= 11 is 1.58. The normalized spacial score (nSPS) is 15.5.